The molecule has 0 saturated carbocycles. The number of allylic oxidation sites excluding steroid dienone is 1. The van der Waals surface area contributed by atoms with E-state index in [1.807, 2.05) is 0 Å². The third-order valence-electron chi connectivity index (χ3n) is 4.10. The predicted octanol–water partition coefficient (Wildman–Crippen LogP) is 4.12. The largest absolute Gasteiger partial charge is 0.509 e. The van der Waals surface area contributed by atoms with E-state index in [4.69, 9.17) is 22.1 Å². The monoisotopic (exact) mass is 400 g/mol. The predicted molar refractivity (Wildman–Crippen MR) is 102 cm³/mol. The number of nitrogens with two attached hydrogens (primary N) is 1. The second-order valence-electron chi connectivity index (χ2n) is 6.04. The normalized spacial score (nSPS) is 13.1. The molecule has 4 rings (SSSR count). The number of aromatic nitrogens is 2. The van der Waals surface area contributed by atoms with Crippen LogP contribution in [-0.2, 0) is 6.54 Å². The van der Waals surface area contributed by atoms with E-state index in [0.717, 1.165) is 0 Å². The maximum Gasteiger partial charge on any atom is 0.271 e. The summed E-state index contributed by atoms with van der Waals surface area (Å²) in [5, 5.41) is 10.7. The minimum absolute atomic E-state index is 0.00251. The quantitative estimate of drug-likeness (QED) is 0.687. The van der Waals surface area contributed by atoms with Crippen molar-refractivity contribution in [2.75, 3.05) is 4.90 Å². The Hall–Kier alpha value is -3.52. The van der Waals surface area contributed by atoms with Crippen LogP contribution in [0.1, 0.15) is 10.5 Å². The maximum absolute atomic E-state index is 13.1. The molecule has 28 heavy (non-hydrogen) atoms. The average molecular weight is 401 g/mol. The molecular formula is C19H14ClFN4O3. The molecule has 0 radical (unpaired) electrons. The summed E-state index contributed by atoms with van der Waals surface area (Å²) in [5.74, 6) is -0.635. The molecule has 0 saturated heterocycles. The second-order valence-corrected chi connectivity index (χ2v) is 6.48. The highest BCUT2D eigenvalue weighted by atomic mass is 35.5. The average Bonchev–Trinajstić information content (AvgIpc) is 3.01. The maximum atomic E-state index is 13.1. The lowest BCUT2D eigenvalue weighted by Crippen LogP contribution is -2.25. The number of rotatable bonds is 4. The molecule has 3 aromatic rings. The van der Waals surface area contributed by atoms with E-state index in [-0.39, 0.29) is 29.6 Å². The Morgan fingerprint density at radius 1 is 1.18 bits per heavy atom. The summed E-state index contributed by atoms with van der Waals surface area (Å²) in [6, 6.07) is 12.1. The molecule has 2 heterocycles. The van der Waals surface area contributed by atoms with Crippen LogP contribution in [-0.4, -0.2) is 20.6 Å². The van der Waals surface area contributed by atoms with Gasteiger partial charge in [0.25, 0.3) is 11.8 Å². The van der Waals surface area contributed by atoms with E-state index < -0.39 is 11.7 Å². The van der Waals surface area contributed by atoms with Crippen LogP contribution in [0.4, 0.5) is 16.0 Å². The van der Waals surface area contributed by atoms with Crippen LogP contribution in [0.2, 0.25) is 5.02 Å². The van der Waals surface area contributed by atoms with Gasteiger partial charge in [-0.3, -0.25) is 14.3 Å². The Morgan fingerprint density at radius 2 is 1.86 bits per heavy atom. The molecule has 1 aliphatic rings. The van der Waals surface area contributed by atoms with E-state index in [1.165, 1.54) is 35.0 Å². The van der Waals surface area contributed by atoms with Crippen LogP contribution in [0.15, 0.2) is 60.5 Å². The molecule has 0 aliphatic carbocycles. The topological polar surface area (TPSA) is 93.6 Å². The highest BCUT2D eigenvalue weighted by Crippen LogP contribution is 2.36. The fourth-order valence-corrected chi connectivity index (χ4v) is 3.00. The lowest BCUT2D eigenvalue weighted by atomic mass is 10.3. The highest BCUT2D eigenvalue weighted by Gasteiger charge is 2.30. The molecule has 0 spiro atoms. The molecule has 2 aromatic carbocycles. The Balaban J connectivity index is 1.80. The van der Waals surface area contributed by atoms with Crippen molar-refractivity contribution in [2.24, 2.45) is 5.73 Å². The van der Waals surface area contributed by atoms with E-state index >= 15 is 0 Å². The van der Waals surface area contributed by atoms with Gasteiger partial charge in [0.15, 0.2) is 5.69 Å². The van der Waals surface area contributed by atoms with Gasteiger partial charge in [-0.2, -0.15) is 4.98 Å². The van der Waals surface area contributed by atoms with E-state index in [9.17, 15) is 14.3 Å². The first-order valence-electron chi connectivity index (χ1n) is 8.20. The van der Waals surface area contributed by atoms with Gasteiger partial charge in [-0.1, -0.05) is 11.6 Å². The minimum Gasteiger partial charge on any atom is -0.509 e. The van der Waals surface area contributed by atoms with Gasteiger partial charge in [-0.05, 0) is 48.5 Å². The smallest absolute Gasteiger partial charge is 0.271 e. The lowest BCUT2D eigenvalue weighted by molar-refractivity contribution is 0.0989. The van der Waals surface area contributed by atoms with Crippen molar-refractivity contribution < 1.29 is 19.0 Å². The van der Waals surface area contributed by atoms with Crippen LogP contribution in [0, 0.1) is 5.82 Å². The molecule has 0 unspecified atom stereocenters. The number of benzene rings is 2. The van der Waals surface area contributed by atoms with Crippen molar-refractivity contribution in [3.63, 3.8) is 0 Å². The summed E-state index contributed by atoms with van der Waals surface area (Å²) < 4.78 is 20.2. The Labute approximate surface area is 164 Å². The molecule has 142 valence electrons. The number of primary amides is 1. The van der Waals surface area contributed by atoms with Crippen molar-refractivity contribution in [3.8, 4) is 11.6 Å². The number of aliphatic hydroxyl groups excluding tert-OH is 1. The zero-order chi connectivity index (χ0) is 19.8. The molecule has 0 fully saturated rings. The molecule has 0 bridgehead atoms. The number of fused-ring (bicyclic) bond motifs is 1. The van der Waals surface area contributed by atoms with E-state index in [1.54, 1.807) is 29.2 Å². The number of hydrogen-bond acceptors (Lipinski definition) is 5. The van der Waals surface area contributed by atoms with E-state index in [0.29, 0.717) is 16.7 Å². The van der Waals surface area contributed by atoms with Gasteiger partial charge < -0.3 is 15.6 Å². The first-order valence-corrected chi connectivity index (χ1v) is 8.58. The number of ether oxygens (including phenoxy) is 1. The summed E-state index contributed by atoms with van der Waals surface area (Å²) in [5.41, 5.74) is 6.18. The standard InChI is InChI=1S/C19H14ClFN4O3/c20-11-1-5-13(6-2-11)24-9-14(26)10-25-16(17(22)27)18(23-19(24)25)28-15-7-3-12(21)4-8-15/h1-9,26H,10H2,(H2,22,27). The van der Waals surface area contributed by atoms with Gasteiger partial charge in [0.1, 0.15) is 17.3 Å². The number of nitrogens with zero attached hydrogens (tertiary/aromatic N) is 3. The Morgan fingerprint density at radius 3 is 2.50 bits per heavy atom. The van der Waals surface area contributed by atoms with Gasteiger partial charge in [0.2, 0.25) is 5.95 Å². The lowest BCUT2D eigenvalue weighted by Gasteiger charge is -2.25. The number of halogens is 2. The number of carbonyl (C=O) groups excluding carboxylic acids is 1. The van der Waals surface area contributed by atoms with Crippen LogP contribution < -0.4 is 15.4 Å². The van der Waals surface area contributed by atoms with E-state index in [2.05, 4.69) is 4.98 Å². The summed E-state index contributed by atoms with van der Waals surface area (Å²) in [6.07, 6.45) is 1.48. The molecule has 7 nitrogen and oxygen atoms in total. The number of amides is 1. The summed E-state index contributed by atoms with van der Waals surface area (Å²) in [4.78, 5) is 18.0. The molecule has 9 heteroatoms. The van der Waals surface area contributed by atoms with Crippen LogP contribution in [0.3, 0.4) is 0 Å². The Kier molecular flexibility index (Phi) is 4.40. The molecule has 1 amide bonds. The molecule has 3 N–H and O–H groups in total. The summed E-state index contributed by atoms with van der Waals surface area (Å²) >= 11 is 5.94. The third kappa shape index (κ3) is 3.25. The third-order valence-corrected chi connectivity index (χ3v) is 4.35. The van der Waals surface area contributed by atoms with Crippen molar-refractivity contribution in [2.45, 2.75) is 6.54 Å². The summed E-state index contributed by atoms with van der Waals surface area (Å²) in [6.45, 7) is -0.00251. The van der Waals surface area contributed by atoms with Gasteiger partial charge in [0.05, 0.1) is 12.7 Å². The number of hydrogen-bond donors (Lipinski definition) is 2. The number of carbonyl (C=O) groups is 1. The number of anilines is 2. The van der Waals surface area contributed by atoms with Crippen molar-refractivity contribution in [3.05, 3.63) is 77.0 Å². The molecule has 1 aliphatic heterocycles. The zero-order valence-electron chi connectivity index (χ0n) is 14.3. The fourth-order valence-electron chi connectivity index (χ4n) is 2.88. The van der Waals surface area contributed by atoms with Crippen molar-refractivity contribution in [1.29, 1.82) is 0 Å². The molecule has 0 atom stereocenters. The van der Waals surface area contributed by atoms with Gasteiger partial charge in [-0.25, -0.2) is 4.39 Å². The van der Waals surface area contributed by atoms with Crippen molar-refractivity contribution in [1.82, 2.24) is 9.55 Å². The first kappa shape index (κ1) is 17.9. The molecular weight excluding hydrogens is 387 g/mol. The Bertz CT molecular complexity index is 1080. The number of aliphatic hydroxyl groups is 1. The first-order chi connectivity index (χ1) is 13.4. The zero-order valence-corrected chi connectivity index (χ0v) is 15.1. The number of imidazole rings is 1. The van der Waals surface area contributed by atoms with Gasteiger partial charge in [-0.15, -0.1) is 0 Å². The van der Waals surface area contributed by atoms with Crippen molar-refractivity contribution >= 4 is 29.1 Å². The minimum atomic E-state index is -0.776. The SMILES string of the molecule is NC(=O)c1c(Oc2ccc(F)cc2)nc2n1CC(O)=CN2c1ccc(Cl)cc1. The van der Waals surface area contributed by atoms with Crippen LogP contribution in [0.5, 0.6) is 11.6 Å². The second kappa shape index (κ2) is 6.90. The van der Waals surface area contributed by atoms with Crippen LogP contribution in [0.25, 0.3) is 0 Å². The molecule has 1 aromatic heterocycles. The highest BCUT2D eigenvalue weighted by molar-refractivity contribution is 6.30. The van der Waals surface area contributed by atoms with Gasteiger partial charge >= 0.3 is 0 Å². The van der Waals surface area contributed by atoms with Crippen LogP contribution >= 0.6 is 11.6 Å². The summed E-state index contributed by atoms with van der Waals surface area (Å²) in [7, 11) is 0. The van der Waals surface area contributed by atoms with Gasteiger partial charge in [0, 0.05) is 10.7 Å². The fraction of sp³-hybridized carbons (Fsp3) is 0.0526.